The van der Waals surface area contributed by atoms with Gasteiger partial charge in [0.25, 0.3) is 10.0 Å². The van der Waals surface area contributed by atoms with E-state index in [0.29, 0.717) is 0 Å². The lowest BCUT2D eigenvalue weighted by molar-refractivity contribution is -0.137. The molecule has 0 unspecified atom stereocenters. The number of carbonyl (C=O) groups is 2. The van der Waals surface area contributed by atoms with E-state index in [1.807, 2.05) is 0 Å². The zero-order valence-electron chi connectivity index (χ0n) is 13.7. The van der Waals surface area contributed by atoms with Gasteiger partial charge in [0, 0.05) is 5.69 Å². The van der Waals surface area contributed by atoms with Crippen LogP contribution in [0.4, 0.5) is 23.7 Å². The molecule has 0 aliphatic rings. The highest BCUT2D eigenvalue weighted by Crippen LogP contribution is 2.29. The molecule has 0 aromatic heterocycles. The van der Waals surface area contributed by atoms with Crippen LogP contribution in [0.5, 0.6) is 0 Å². The lowest BCUT2D eigenvalue weighted by Crippen LogP contribution is -2.34. The maximum absolute atomic E-state index is 12.5. The molecule has 0 bridgehead atoms. The summed E-state index contributed by atoms with van der Waals surface area (Å²) in [4.78, 5) is 22.8. The van der Waals surface area contributed by atoms with Gasteiger partial charge in [-0.1, -0.05) is 0 Å². The van der Waals surface area contributed by atoms with E-state index in [9.17, 15) is 31.2 Å². The van der Waals surface area contributed by atoms with E-state index in [4.69, 9.17) is 0 Å². The molecular weight excluding hydrogens is 389 g/mol. The smallest absolute Gasteiger partial charge is 0.416 e. The summed E-state index contributed by atoms with van der Waals surface area (Å²) in [5.74, 6) is -0.660. The van der Waals surface area contributed by atoms with Crippen LogP contribution in [0.15, 0.2) is 53.4 Å². The molecule has 144 valence electrons. The molecular formula is C16H13F3N2O5S. The van der Waals surface area contributed by atoms with Gasteiger partial charge in [-0.25, -0.2) is 22.7 Å². The average Bonchev–Trinajstić information content (AvgIpc) is 2.60. The van der Waals surface area contributed by atoms with Crippen LogP contribution in [0.3, 0.4) is 0 Å². The molecule has 0 spiro atoms. The first-order valence-corrected chi connectivity index (χ1v) is 8.71. The highest BCUT2D eigenvalue weighted by Gasteiger charge is 2.30. The Bertz CT molecular complexity index is 940. The van der Waals surface area contributed by atoms with E-state index < -0.39 is 33.8 Å². The molecule has 0 radical (unpaired) electrons. The number of alkyl halides is 3. The van der Waals surface area contributed by atoms with Gasteiger partial charge < -0.3 is 10.1 Å². The number of carbonyl (C=O) groups excluding carboxylic acids is 2. The minimum Gasteiger partial charge on any atom is -0.465 e. The number of rotatable bonds is 4. The monoisotopic (exact) mass is 402 g/mol. The summed E-state index contributed by atoms with van der Waals surface area (Å²) in [7, 11) is -3.09. The van der Waals surface area contributed by atoms with Crippen LogP contribution in [0.1, 0.15) is 15.9 Å². The highest BCUT2D eigenvalue weighted by atomic mass is 32.2. The van der Waals surface area contributed by atoms with Crippen molar-refractivity contribution in [2.75, 3.05) is 12.4 Å². The predicted molar refractivity (Wildman–Crippen MR) is 88.6 cm³/mol. The molecule has 2 N–H and O–H groups in total. The molecule has 0 heterocycles. The molecule has 0 saturated heterocycles. The molecule has 0 saturated carbocycles. The third-order valence-corrected chi connectivity index (χ3v) is 4.63. The second-order valence-electron chi connectivity index (χ2n) is 5.15. The molecule has 2 aromatic rings. The van der Waals surface area contributed by atoms with Crippen molar-refractivity contribution >= 4 is 27.7 Å². The second kappa shape index (κ2) is 7.66. The SMILES string of the molecule is COC(=O)c1ccc(S(=O)(=O)NC(=O)Nc2ccc(C(F)(F)F)cc2)cc1. The molecule has 11 heteroatoms. The maximum atomic E-state index is 12.5. The normalized spacial score (nSPS) is 11.6. The summed E-state index contributed by atoms with van der Waals surface area (Å²) in [5.41, 5.74) is -0.825. The Labute approximate surface area is 152 Å². The maximum Gasteiger partial charge on any atom is 0.416 e. The molecule has 2 amide bonds. The summed E-state index contributed by atoms with van der Waals surface area (Å²) in [6, 6.07) is 6.90. The third-order valence-electron chi connectivity index (χ3n) is 3.28. The Hall–Kier alpha value is -3.08. The van der Waals surface area contributed by atoms with E-state index in [1.165, 1.54) is 19.2 Å². The first-order chi connectivity index (χ1) is 12.5. The second-order valence-corrected chi connectivity index (χ2v) is 6.83. The number of nitrogens with one attached hydrogen (secondary N) is 2. The Balaban J connectivity index is 2.06. The highest BCUT2D eigenvalue weighted by molar-refractivity contribution is 7.90. The van der Waals surface area contributed by atoms with Crippen LogP contribution in [-0.4, -0.2) is 27.5 Å². The molecule has 0 fully saturated rings. The number of amides is 2. The molecule has 2 aromatic carbocycles. The number of methoxy groups -OCH3 is 1. The van der Waals surface area contributed by atoms with Gasteiger partial charge in [0.15, 0.2) is 0 Å². The van der Waals surface area contributed by atoms with Gasteiger partial charge in [0.2, 0.25) is 0 Å². The first-order valence-electron chi connectivity index (χ1n) is 7.22. The Morgan fingerprint density at radius 3 is 2.00 bits per heavy atom. The predicted octanol–water partition coefficient (Wildman–Crippen LogP) is 3.00. The summed E-state index contributed by atoms with van der Waals surface area (Å²) in [6.07, 6.45) is -4.53. The van der Waals surface area contributed by atoms with Crippen molar-refractivity contribution in [2.24, 2.45) is 0 Å². The topological polar surface area (TPSA) is 102 Å². The molecule has 7 nitrogen and oxygen atoms in total. The van der Waals surface area contributed by atoms with Crippen molar-refractivity contribution < 1.29 is 35.9 Å². The fraction of sp³-hybridized carbons (Fsp3) is 0.125. The van der Waals surface area contributed by atoms with Crippen molar-refractivity contribution in [1.29, 1.82) is 0 Å². The van der Waals surface area contributed by atoms with Crippen LogP contribution >= 0.6 is 0 Å². The average molecular weight is 402 g/mol. The molecule has 0 atom stereocenters. The van der Waals surface area contributed by atoms with E-state index in [0.717, 1.165) is 36.4 Å². The lowest BCUT2D eigenvalue weighted by Gasteiger charge is -2.10. The standard InChI is InChI=1S/C16H13F3N2O5S/c1-26-14(22)10-2-8-13(9-3-10)27(24,25)21-15(23)20-12-6-4-11(5-7-12)16(17,18)19/h2-9H,1H3,(H2,20,21,23). The van der Waals surface area contributed by atoms with E-state index in [-0.39, 0.29) is 16.1 Å². The van der Waals surface area contributed by atoms with Crippen LogP contribution < -0.4 is 10.0 Å². The number of anilines is 1. The zero-order valence-corrected chi connectivity index (χ0v) is 14.5. The summed E-state index contributed by atoms with van der Waals surface area (Å²) < 4.78 is 67.9. The van der Waals surface area contributed by atoms with Crippen molar-refractivity contribution in [3.05, 3.63) is 59.7 Å². The van der Waals surface area contributed by atoms with Gasteiger partial charge in [-0.15, -0.1) is 0 Å². The van der Waals surface area contributed by atoms with Crippen LogP contribution in [-0.2, 0) is 20.9 Å². The van der Waals surface area contributed by atoms with Crippen molar-refractivity contribution in [3.8, 4) is 0 Å². The van der Waals surface area contributed by atoms with Crippen LogP contribution in [0.2, 0.25) is 0 Å². The van der Waals surface area contributed by atoms with Crippen LogP contribution in [0.25, 0.3) is 0 Å². The van der Waals surface area contributed by atoms with E-state index >= 15 is 0 Å². The van der Waals surface area contributed by atoms with Gasteiger partial charge >= 0.3 is 18.2 Å². The van der Waals surface area contributed by atoms with Gasteiger partial charge in [-0.3, -0.25) is 0 Å². The van der Waals surface area contributed by atoms with Gasteiger partial charge in [-0.2, -0.15) is 13.2 Å². The molecule has 0 aliphatic heterocycles. The quantitative estimate of drug-likeness (QED) is 0.766. The molecule has 2 rings (SSSR count). The van der Waals surface area contributed by atoms with Gasteiger partial charge in [0.1, 0.15) is 0 Å². The molecule has 0 aliphatic carbocycles. The third kappa shape index (κ3) is 5.20. The molecule has 27 heavy (non-hydrogen) atoms. The summed E-state index contributed by atoms with van der Waals surface area (Å²) >= 11 is 0. The Morgan fingerprint density at radius 1 is 0.963 bits per heavy atom. The minimum absolute atomic E-state index is 0.0308. The van der Waals surface area contributed by atoms with Crippen molar-refractivity contribution in [2.45, 2.75) is 11.1 Å². The zero-order chi connectivity index (χ0) is 20.2. The Kier molecular flexibility index (Phi) is 5.74. The van der Waals surface area contributed by atoms with Crippen LogP contribution in [0, 0.1) is 0 Å². The fourth-order valence-electron chi connectivity index (χ4n) is 1.97. The number of benzene rings is 2. The van der Waals surface area contributed by atoms with Gasteiger partial charge in [-0.05, 0) is 48.5 Å². The lowest BCUT2D eigenvalue weighted by atomic mass is 10.2. The van der Waals surface area contributed by atoms with Gasteiger partial charge in [0.05, 0.1) is 23.1 Å². The fourth-order valence-corrected chi connectivity index (χ4v) is 2.88. The number of sulfonamides is 1. The first kappa shape index (κ1) is 20.2. The van der Waals surface area contributed by atoms with Crippen molar-refractivity contribution in [3.63, 3.8) is 0 Å². The minimum atomic E-state index is -4.53. The summed E-state index contributed by atoms with van der Waals surface area (Å²) in [6.45, 7) is 0. The number of halogens is 3. The number of ether oxygens (including phenoxy) is 1. The number of hydrogen-bond donors (Lipinski definition) is 2. The largest absolute Gasteiger partial charge is 0.465 e. The van der Waals surface area contributed by atoms with E-state index in [1.54, 1.807) is 4.72 Å². The number of hydrogen-bond acceptors (Lipinski definition) is 5. The summed E-state index contributed by atoms with van der Waals surface area (Å²) in [5, 5.41) is 2.11. The number of esters is 1. The Morgan fingerprint density at radius 2 is 1.52 bits per heavy atom. The number of urea groups is 1. The van der Waals surface area contributed by atoms with Crippen molar-refractivity contribution in [1.82, 2.24) is 4.72 Å². The van der Waals surface area contributed by atoms with E-state index in [2.05, 4.69) is 10.1 Å².